The molecular weight excluding hydrogens is 307 g/mol. The van der Waals surface area contributed by atoms with Crippen LogP contribution in [0.25, 0.3) is 0 Å². The highest BCUT2D eigenvalue weighted by Crippen LogP contribution is 2.24. The average molecular weight is 335 g/mol. The van der Waals surface area contributed by atoms with E-state index in [1.165, 1.54) is 7.11 Å². The zero-order chi connectivity index (χ0) is 18.6. The van der Waals surface area contributed by atoms with Crippen LogP contribution in [0.15, 0.2) is 24.3 Å². The largest absolute Gasteiger partial charge is 0.492 e. The number of esters is 1. The average Bonchev–Trinajstić information content (AvgIpc) is 2.50. The number of carbonyl (C=O) groups excluding carboxylic acids is 1. The number of aliphatic hydroxyl groups is 1. The van der Waals surface area contributed by atoms with E-state index in [1.54, 1.807) is 47.3 Å². The van der Waals surface area contributed by atoms with Gasteiger partial charge in [-0.1, -0.05) is 17.6 Å². The lowest BCUT2D eigenvalue weighted by Crippen LogP contribution is -2.49. The molecule has 1 rings (SSSR count). The van der Waals surface area contributed by atoms with Crippen LogP contribution in [0.4, 0.5) is 0 Å². The van der Waals surface area contributed by atoms with Crippen molar-refractivity contribution in [3.63, 3.8) is 0 Å². The molecule has 0 amide bonds. The van der Waals surface area contributed by atoms with Crippen molar-refractivity contribution < 1.29 is 24.0 Å². The first-order valence-electron chi connectivity index (χ1n) is 7.94. The summed E-state index contributed by atoms with van der Waals surface area (Å²) in [6.45, 7) is 10.8. The maximum absolute atomic E-state index is 11.6. The van der Waals surface area contributed by atoms with Crippen LogP contribution in [0.2, 0.25) is 0 Å². The number of rotatable bonds is 8. The molecule has 1 N–H and O–H groups in total. The van der Waals surface area contributed by atoms with Crippen LogP contribution in [0.3, 0.4) is 0 Å². The second-order valence-corrected chi connectivity index (χ2v) is 7.54. The van der Waals surface area contributed by atoms with Gasteiger partial charge in [0.05, 0.1) is 23.7 Å². The van der Waals surface area contributed by atoms with Gasteiger partial charge in [-0.15, -0.1) is 0 Å². The Balaban J connectivity index is 2.59. The van der Waals surface area contributed by atoms with E-state index in [1.807, 2.05) is 26.0 Å². The quantitative estimate of drug-likeness (QED) is 0.582. The molecule has 1 aromatic carbocycles. The summed E-state index contributed by atoms with van der Waals surface area (Å²) in [5, 5.41) is 10.1. The predicted octanol–water partition coefficient (Wildman–Crippen LogP) is 2.08. The summed E-state index contributed by atoms with van der Waals surface area (Å²) in [4.78, 5) is 11.6. The second-order valence-electron chi connectivity index (χ2n) is 7.54. The van der Waals surface area contributed by atoms with Gasteiger partial charge in [-0.25, -0.2) is 0 Å². The first-order chi connectivity index (χ1) is 10.9. The molecule has 0 spiro atoms. The normalized spacial score (nSPS) is 12.7. The van der Waals surface area contributed by atoms with E-state index in [4.69, 9.17) is 14.1 Å². The highest BCUT2D eigenvalue weighted by atomic mass is 16.5. The fourth-order valence-electron chi connectivity index (χ4n) is 1.60. The van der Waals surface area contributed by atoms with Crippen LogP contribution in [0.1, 0.15) is 41.5 Å². The molecule has 0 saturated carbocycles. The van der Waals surface area contributed by atoms with E-state index in [9.17, 15) is 9.90 Å². The molecule has 24 heavy (non-hydrogen) atoms. The fourth-order valence-corrected chi connectivity index (χ4v) is 1.60. The predicted molar refractivity (Wildman–Crippen MR) is 94.6 cm³/mol. The number of carbonyl (C=O) groups is 1. The molecule has 0 aliphatic heterocycles. The van der Waals surface area contributed by atoms with Gasteiger partial charge >= 0.3 is 13.5 Å². The molecule has 6 heteroatoms. The van der Waals surface area contributed by atoms with Crippen LogP contribution in [0.5, 0.6) is 5.75 Å². The monoisotopic (exact) mass is 335 g/mol. The van der Waals surface area contributed by atoms with Crippen molar-refractivity contribution in [1.29, 1.82) is 0 Å². The molecular formula is C18H28BO5. The summed E-state index contributed by atoms with van der Waals surface area (Å²) < 4.78 is 16.1. The van der Waals surface area contributed by atoms with Gasteiger partial charge in [-0.2, -0.15) is 0 Å². The van der Waals surface area contributed by atoms with Gasteiger partial charge in [-0.3, -0.25) is 4.79 Å². The topological polar surface area (TPSA) is 65.0 Å². The Morgan fingerprint density at radius 3 is 2.08 bits per heavy atom. The molecule has 0 heterocycles. The summed E-state index contributed by atoms with van der Waals surface area (Å²) in [5.74, 6) is 0.348. The minimum atomic E-state index is -0.966. The van der Waals surface area contributed by atoms with E-state index >= 15 is 0 Å². The summed E-state index contributed by atoms with van der Waals surface area (Å²) in [5.41, 5.74) is -1.54. The van der Waals surface area contributed by atoms with Gasteiger partial charge in [0.15, 0.2) is 0 Å². The van der Waals surface area contributed by atoms with E-state index < -0.39 is 16.6 Å². The number of benzene rings is 1. The Morgan fingerprint density at radius 1 is 1.08 bits per heavy atom. The first kappa shape index (κ1) is 20.5. The van der Waals surface area contributed by atoms with E-state index in [0.717, 1.165) is 5.46 Å². The van der Waals surface area contributed by atoms with Crippen molar-refractivity contribution in [3.05, 3.63) is 24.3 Å². The Bertz CT molecular complexity index is 544. The van der Waals surface area contributed by atoms with Crippen LogP contribution in [-0.2, 0) is 14.2 Å². The smallest absolute Gasteiger partial charge is 0.330 e. The highest BCUT2D eigenvalue weighted by Gasteiger charge is 2.35. The Labute approximate surface area is 145 Å². The maximum atomic E-state index is 11.6. The first-order valence-corrected chi connectivity index (χ1v) is 7.94. The third-order valence-electron chi connectivity index (χ3n) is 4.18. The molecule has 0 bridgehead atoms. The molecule has 0 aliphatic carbocycles. The minimum Gasteiger partial charge on any atom is -0.492 e. The second kappa shape index (κ2) is 7.57. The SMILES string of the molecule is COC(=O)C(C)(C)COc1ccc([B]OC(C)(C)C(C)(C)O)cc1. The van der Waals surface area contributed by atoms with Crippen molar-refractivity contribution in [1.82, 2.24) is 0 Å². The van der Waals surface area contributed by atoms with Gasteiger partial charge in [0.25, 0.3) is 0 Å². The summed E-state index contributed by atoms with van der Waals surface area (Å²) in [6.07, 6.45) is 0. The standard InChI is InChI=1S/C18H28BO5/c1-16(2,15(20)22-7)12-23-14-10-8-13(9-11-14)19-24-18(5,6)17(3,4)21/h8-11,21H,12H2,1-7H3. The lowest BCUT2D eigenvalue weighted by Gasteiger charge is -2.37. The molecule has 0 fully saturated rings. The zero-order valence-corrected chi connectivity index (χ0v) is 15.7. The molecule has 5 nitrogen and oxygen atoms in total. The van der Waals surface area contributed by atoms with Gasteiger partial charge in [0.1, 0.15) is 12.4 Å². The van der Waals surface area contributed by atoms with Gasteiger partial charge in [-0.05, 0) is 53.7 Å². The van der Waals surface area contributed by atoms with Crippen molar-refractivity contribution in [2.24, 2.45) is 5.41 Å². The Hall–Kier alpha value is -1.53. The molecule has 0 atom stereocenters. The van der Waals surface area contributed by atoms with E-state index in [-0.39, 0.29) is 12.6 Å². The molecule has 1 aromatic rings. The lowest BCUT2D eigenvalue weighted by atomic mass is 9.82. The molecule has 0 unspecified atom stereocenters. The van der Waals surface area contributed by atoms with Gasteiger partial charge in [0.2, 0.25) is 0 Å². The number of methoxy groups -OCH3 is 1. The number of ether oxygens (including phenoxy) is 2. The Kier molecular flexibility index (Phi) is 6.48. The minimum absolute atomic E-state index is 0.227. The zero-order valence-electron chi connectivity index (χ0n) is 15.7. The molecule has 0 aromatic heterocycles. The molecule has 1 radical (unpaired) electrons. The summed E-state index contributed by atoms with van der Waals surface area (Å²) in [6, 6.07) is 7.31. The third kappa shape index (κ3) is 5.53. The van der Waals surface area contributed by atoms with Gasteiger partial charge in [0, 0.05) is 0 Å². The third-order valence-corrected chi connectivity index (χ3v) is 4.18. The van der Waals surface area contributed by atoms with Crippen molar-refractivity contribution in [2.75, 3.05) is 13.7 Å². The van der Waals surface area contributed by atoms with Gasteiger partial charge < -0.3 is 19.2 Å². The summed E-state index contributed by atoms with van der Waals surface area (Å²) in [7, 11) is 2.98. The highest BCUT2D eigenvalue weighted by molar-refractivity contribution is 6.47. The lowest BCUT2D eigenvalue weighted by molar-refractivity contribution is -0.152. The maximum Gasteiger partial charge on any atom is 0.330 e. The van der Waals surface area contributed by atoms with Crippen molar-refractivity contribution in [2.45, 2.75) is 52.7 Å². The van der Waals surface area contributed by atoms with E-state index in [0.29, 0.717) is 5.75 Å². The molecule has 0 aliphatic rings. The number of hydrogen-bond donors (Lipinski definition) is 1. The van der Waals surface area contributed by atoms with E-state index in [2.05, 4.69) is 0 Å². The fraction of sp³-hybridized carbons (Fsp3) is 0.611. The van der Waals surface area contributed by atoms with Crippen LogP contribution < -0.4 is 10.2 Å². The Morgan fingerprint density at radius 2 is 1.62 bits per heavy atom. The van der Waals surface area contributed by atoms with Crippen molar-refractivity contribution >= 4 is 18.9 Å². The number of hydrogen-bond acceptors (Lipinski definition) is 5. The van der Waals surface area contributed by atoms with Crippen molar-refractivity contribution in [3.8, 4) is 5.75 Å². The van der Waals surface area contributed by atoms with Crippen LogP contribution >= 0.6 is 0 Å². The van der Waals surface area contributed by atoms with Crippen LogP contribution in [-0.4, -0.2) is 43.5 Å². The molecule has 0 saturated heterocycles. The summed E-state index contributed by atoms with van der Waals surface area (Å²) >= 11 is 0. The molecule has 133 valence electrons. The van der Waals surface area contributed by atoms with Crippen LogP contribution in [0, 0.1) is 5.41 Å².